The summed E-state index contributed by atoms with van der Waals surface area (Å²) < 4.78 is 12.0. The van der Waals surface area contributed by atoms with Crippen molar-refractivity contribution >= 4 is 38.9 Å². The molecule has 5 aromatic rings. The highest BCUT2D eigenvalue weighted by atomic mass is 16.5. The minimum absolute atomic E-state index is 0.624. The molecule has 0 atom stereocenters. The summed E-state index contributed by atoms with van der Waals surface area (Å²) in [4.78, 5) is 25.2. The summed E-state index contributed by atoms with van der Waals surface area (Å²) in [6, 6.07) is 12.6. The Morgan fingerprint density at radius 1 is 0.917 bits per heavy atom. The molecule has 4 aromatic heterocycles. The van der Waals surface area contributed by atoms with Gasteiger partial charge in [-0.2, -0.15) is 0 Å². The molecule has 9 nitrogen and oxygen atoms in total. The first-order valence-electron chi connectivity index (χ1n) is 12.6. The topological polar surface area (TPSA) is 86.5 Å². The highest BCUT2D eigenvalue weighted by Crippen LogP contribution is 2.35. The maximum Gasteiger partial charge on any atom is 0.229 e. The number of likely N-dealkylation sites (N-methyl/N-ethyl adjacent to an activating group) is 1. The number of furan rings is 1. The average Bonchev–Trinajstić information content (AvgIpc) is 3.53. The molecule has 0 spiro atoms. The van der Waals surface area contributed by atoms with Gasteiger partial charge in [0.2, 0.25) is 5.71 Å². The van der Waals surface area contributed by atoms with Gasteiger partial charge in [-0.1, -0.05) is 0 Å². The van der Waals surface area contributed by atoms with Gasteiger partial charge in [-0.3, -0.25) is 4.90 Å². The molecular formula is C27H29N7O2. The van der Waals surface area contributed by atoms with Gasteiger partial charge in [0.1, 0.15) is 5.52 Å². The monoisotopic (exact) mass is 483 g/mol. The number of rotatable bonds is 4. The first-order chi connectivity index (χ1) is 17.7. The highest BCUT2D eigenvalue weighted by Gasteiger charge is 2.24. The smallest absolute Gasteiger partial charge is 0.229 e. The van der Waals surface area contributed by atoms with Crippen LogP contribution in [0.25, 0.3) is 44.5 Å². The number of pyridine rings is 1. The molecule has 184 valence electrons. The molecule has 2 aliphatic heterocycles. The Bertz CT molecular complexity index is 1540. The molecule has 0 amide bonds. The summed E-state index contributed by atoms with van der Waals surface area (Å²) in [7, 11) is 2.17. The van der Waals surface area contributed by atoms with Gasteiger partial charge >= 0.3 is 0 Å². The zero-order chi connectivity index (χ0) is 24.1. The van der Waals surface area contributed by atoms with Gasteiger partial charge in [-0.15, -0.1) is 0 Å². The lowest BCUT2D eigenvalue weighted by Gasteiger charge is -2.31. The number of hydrogen-bond donors (Lipinski definition) is 1. The molecule has 2 saturated heterocycles. The van der Waals surface area contributed by atoms with Gasteiger partial charge in [0.15, 0.2) is 17.2 Å². The van der Waals surface area contributed by atoms with Crippen molar-refractivity contribution in [1.82, 2.24) is 29.7 Å². The zero-order valence-corrected chi connectivity index (χ0v) is 20.4. The van der Waals surface area contributed by atoms with Crippen molar-refractivity contribution in [3.63, 3.8) is 0 Å². The Balaban J connectivity index is 1.33. The minimum Gasteiger partial charge on any atom is -0.432 e. The predicted octanol–water partition coefficient (Wildman–Crippen LogP) is 3.50. The van der Waals surface area contributed by atoms with Crippen LogP contribution in [0.15, 0.2) is 47.0 Å². The number of fused-ring (bicyclic) bond motifs is 4. The highest BCUT2D eigenvalue weighted by molar-refractivity contribution is 6.05. The van der Waals surface area contributed by atoms with E-state index in [9.17, 15) is 0 Å². The molecule has 0 aliphatic carbocycles. The average molecular weight is 484 g/mol. The largest absolute Gasteiger partial charge is 0.432 e. The molecule has 0 unspecified atom stereocenters. The molecule has 1 N–H and O–H groups in total. The van der Waals surface area contributed by atoms with Crippen LogP contribution in [0.3, 0.4) is 0 Å². The van der Waals surface area contributed by atoms with Crippen molar-refractivity contribution in [2.45, 2.75) is 6.54 Å². The number of aromatic amines is 1. The summed E-state index contributed by atoms with van der Waals surface area (Å²) in [5, 5.41) is 2.06. The summed E-state index contributed by atoms with van der Waals surface area (Å²) >= 11 is 0. The number of hydrogen-bond acceptors (Lipinski definition) is 8. The first kappa shape index (κ1) is 21.7. The van der Waals surface area contributed by atoms with Gasteiger partial charge in [-0.05, 0) is 43.4 Å². The van der Waals surface area contributed by atoms with E-state index in [0.717, 1.165) is 84.7 Å². The molecule has 0 radical (unpaired) electrons. The second-order valence-electron chi connectivity index (χ2n) is 9.76. The van der Waals surface area contributed by atoms with Crippen LogP contribution in [0, 0.1) is 0 Å². The van der Waals surface area contributed by atoms with E-state index >= 15 is 0 Å². The molecule has 9 heteroatoms. The number of piperazine rings is 1. The fourth-order valence-electron chi connectivity index (χ4n) is 5.18. The van der Waals surface area contributed by atoms with E-state index in [1.807, 2.05) is 6.20 Å². The van der Waals surface area contributed by atoms with Gasteiger partial charge in [0.25, 0.3) is 0 Å². The van der Waals surface area contributed by atoms with Crippen molar-refractivity contribution in [2.75, 3.05) is 64.4 Å². The summed E-state index contributed by atoms with van der Waals surface area (Å²) in [5.74, 6) is 1.50. The molecule has 0 saturated carbocycles. The van der Waals surface area contributed by atoms with Crippen LogP contribution in [0.1, 0.15) is 5.69 Å². The van der Waals surface area contributed by atoms with Crippen molar-refractivity contribution in [1.29, 1.82) is 0 Å². The molecular weight excluding hydrogens is 454 g/mol. The van der Waals surface area contributed by atoms with Crippen molar-refractivity contribution in [3.05, 3.63) is 48.3 Å². The van der Waals surface area contributed by atoms with E-state index in [-0.39, 0.29) is 0 Å². The minimum atomic E-state index is 0.624. The Labute approximate surface area is 208 Å². The predicted molar refractivity (Wildman–Crippen MR) is 140 cm³/mol. The second kappa shape index (κ2) is 8.85. The molecule has 0 bridgehead atoms. The van der Waals surface area contributed by atoms with Crippen LogP contribution in [0.4, 0.5) is 5.82 Å². The quantitative estimate of drug-likeness (QED) is 0.416. The summed E-state index contributed by atoms with van der Waals surface area (Å²) in [5.41, 5.74) is 5.22. The van der Waals surface area contributed by atoms with Gasteiger partial charge in [-0.25, -0.2) is 15.0 Å². The van der Waals surface area contributed by atoms with Crippen molar-refractivity contribution < 1.29 is 9.15 Å². The molecule has 2 aliphatic rings. The van der Waals surface area contributed by atoms with Gasteiger partial charge < -0.3 is 23.9 Å². The fourth-order valence-corrected chi connectivity index (χ4v) is 5.18. The van der Waals surface area contributed by atoms with Gasteiger partial charge in [0, 0.05) is 68.5 Å². The third kappa shape index (κ3) is 3.89. The lowest BCUT2D eigenvalue weighted by atomic mass is 10.1. The standard InChI is InChI=1S/C27H29N7O2/c1-32-8-10-33(11-9-32)17-20-3-4-21-23-24(36-27(21)29-20)26(34-12-14-35-15-13-34)31-25(30-23)19-2-5-22-18(16-19)6-7-28-22/h2-7,16,28H,8-15,17H2,1H3. The van der Waals surface area contributed by atoms with Crippen LogP contribution in [0.5, 0.6) is 0 Å². The molecule has 36 heavy (non-hydrogen) atoms. The molecule has 7 rings (SSSR count). The molecule has 6 heterocycles. The summed E-state index contributed by atoms with van der Waals surface area (Å²) in [6.07, 6.45) is 1.95. The number of nitrogens with one attached hydrogen (secondary N) is 1. The molecule has 1 aromatic carbocycles. The fraction of sp³-hybridized carbons (Fsp3) is 0.370. The number of nitrogens with zero attached hydrogens (tertiary/aromatic N) is 6. The Hall–Kier alpha value is -3.53. The van der Waals surface area contributed by atoms with E-state index in [0.29, 0.717) is 30.3 Å². The maximum atomic E-state index is 6.38. The number of morpholine rings is 1. The van der Waals surface area contributed by atoms with Crippen LogP contribution in [0.2, 0.25) is 0 Å². The number of H-pyrrole nitrogens is 1. The second-order valence-corrected chi connectivity index (χ2v) is 9.76. The SMILES string of the molecule is CN1CCN(Cc2ccc3c(n2)oc2c(N4CCOCC4)nc(-c4ccc5[nH]ccc5c4)nc23)CC1. The van der Waals surface area contributed by atoms with E-state index in [1.165, 1.54) is 0 Å². The van der Waals surface area contributed by atoms with Crippen LogP contribution in [-0.2, 0) is 11.3 Å². The number of aromatic nitrogens is 4. The lowest BCUT2D eigenvalue weighted by Crippen LogP contribution is -2.43. The van der Waals surface area contributed by atoms with E-state index in [4.69, 9.17) is 24.1 Å². The number of ether oxygens (including phenoxy) is 1. The van der Waals surface area contributed by atoms with Crippen LogP contribution < -0.4 is 4.90 Å². The first-order valence-corrected chi connectivity index (χ1v) is 12.6. The van der Waals surface area contributed by atoms with E-state index in [2.05, 4.69) is 63.1 Å². The molecule has 2 fully saturated rings. The van der Waals surface area contributed by atoms with Gasteiger partial charge in [0.05, 0.1) is 24.3 Å². The van der Waals surface area contributed by atoms with Crippen LogP contribution in [-0.4, -0.2) is 89.3 Å². The van der Waals surface area contributed by atoms with E-state index < -0.39 is 0 Å². The van der Waals surface area contributed by atoms with E-state index in [1.54, 1.807) is 0 Å². The maximum absolute atomic E-state index is 6.38. The normalized spacial score (nSPS) is 18.1. The number of anilines is 1. The third-order valence-corrected chi connectivity index (χ3v) is 7.32. The summed E-state index contributed by atoms with van der Waals surface area (Å²) in [6.45, 7) is 7.97. The lowest BCUT2D eigenvalue weighted by molar-refractivity contribution is 0.122. The van der Waals surface area contributed by atoms with Crippen LogP contribution >= 0.6 is 0 Å². The zero-order valence-electron chi connectivity index (χ0n) is 20.4. The number of benzene rings is 1. The third-order valence-electron chi connectivity index (χ3n) is 7.32. The Morgan fingerprint density at radius 2 is 1.78 bits per heavy atom. The Morgan fingerprint density at radius 3 is 2.64 bits per heavy atom. The van der Waals surface area contributed by atoms with Crippen molar-refractivity contribution in [3.8, 4) is 11.4 Å². The Kier molecular flexibility index (Phi) is 5.34. The van der Waals surface area contributed by atoms with Crippen molar-refractivity contribution in [2.24, 2.45) is 0 Å².